The van der Waals surface area contributed by atoms with Crippen LogP contribution in [0.2, 0.25) is 0 Å². The normalized spacial score (nSPS) is 19.6. The van der Waals surface area contributed by atoms with E-state index < -0.39 is 0 Å². The monoisotopic (exact) mass is 306 g/mol. The van der Waals surface area contributed by atoms with Gasteiger partial charge in [-0.2, -0.15) is 0 Å². The van der Waals surface area contributed by atoms with Crippen molar-refractivity contribution in [2.45, 2.75) is 32.7 Å². The summed E-state index contributed by atoms with van der Waals surface area (Å²) in [6.45, 7) is 6.39. The number of aryl methyl sites for hydroxylation is 1. The Bertz CT molecular complexity index is 595. The first-order chi connectivity index (χ1) is 10.8. The molecule has 2 aromatic rings. The van der Waals surface area contributed by atoms with Crippen LogP contribution in [0.15, 0.2) is 22.7 Å². The second kappa shape index (κ2) is 7.04. The molecule has 3 heterocycles. The lowest BCUT2D eigenvalue weighted by molar-refractivity contribution is -0.0221. The summed E-state index contributed by atoms with van der Waals surface area (Å²) in [5.74, 6) is 1.76. The molecule has 0 radical (unpaired) electrons. The lowest BCUT2D eigenvalue weighted by Crippen LogP contribution is -2.39. The minimum atomic E-state index is 0.111. The average molecular weight is 306 g/mol. The summed E-state index contributed by atoms with van der Waals surface area (Å²) < 4.78 is 18.6. The molecule has 1 atom stereocenters. The highest BCUT2D eigenvalue weighted by molar-refractivity contribution is 5.12. The molecule has 120 valence electrons. The van der Waals surface area contributed by atoms with Gasteiger partial charge in [-0.15, -0.1) is 5.10 Å². The molecule has 22 heavy (non-hydrogen) atoms. The van der Waals surface area contributed by atoms with Crippen LogP contribution in [0.3, 0.4) is 0 Å². The van der Waals surface area contributed by atoms with Crippen LogP contribution in [0.4, 0.5) is 0 Å². The van der Waals surface area contributed by atoms with E-state index in [0.717, 1.165) is 43.5 Å². The molecule has 3 rings (SSSR count). The molecular weight excluding hydrogens is 284 g/mol. The van der Waals surface area contributed by atoms with Crippen LogP contribution in [0.1, 0.15) is 30.2 Å². The largest absolute Gasteiger partial charge is 0.462 e. The van der Waals surface area contributed by atoms with E-state index in [9.17, 15) is 0 Å². The van der Waals surface area contributed by atoms with Gasteiger partial charge in [0.1, 0.15) is 18.1 Å². The maximum Gasteiger partial charge on any atom is 0.129 e. The van der Waals surface area contributed by atoms with Crippen LogP contribution >= 0.6 is 0 Å². The molecule has 0 aromatic carbocycles. The summed E-state index contributed by atoms with van der Waals surface area (Å²) in [5.41, 5.74) is 1.11. The minimum Gasteiger partial charge on any atom is -0.462 e. The number of aromatic nitrogens is 3. The highest BCUT2D eigenvalue weighted by Crippen LogP contribution is 2.27. The van der Waals surface area contributed by atoms with Crippen LogP contribution in [0.25, 0.3) is 0 Å². The number of ether oxygens (including phenoxy) is 2. The zero-order valence-corrected chi connectivity index (χ0v) is 13.1. The zero-order valence-electron chi connectivity index (χ0n) is 13.1. The van der Waals surface area contributed by atoms with Crippen LogP contribution in [-0.4, -0.2) is 46.8 Å². The first kappa shape index (κ1) is 15.2. The SMILES string of the molecule is CCn1nncc1CN1CCOC[C@H]1c1ccc(COC)o1. The third kappa shape index (κ3) is 3.21. The van der Waals surface area contributed by atoms with E-state index in [1.807, 2.05) is 23.0 Å². The van der Waals surface area contributed by atoms with Crippen molar-refractivity contribution in [2.75, 3.05) is 26.9 Å². The number of furan rings is 1. The van der Waals surface area contributed by atoms with Gasteiger partial charge >= 0.3 is 0 Å². The smallest absolute Gasteiger partial charge is 0.129 e. The van der Waals surface area contributed by atoms with Crippen LogP contribution in [-0.2, 0) is 29.2 Å². The highest BCUT2D eigenvalue weighted by Gasteiger charge is 2.28. The number of hydrogen-bond acceptors (Lipinski definition) is 6. The molecule has 1 aliphatic rings. The van der Waals surface area contributed by atoms with Gasteiger partial charge in [0.2, 0.25) is 0 Å². The summed E-state index contributed by atoms with van der Waals surface area (Å²) >= 11 is 0. The van der Waals surface area contributed by atoms with Crippen molar-refractivity contribution in [1.82, 2.24) is 19.9 Å². The lowest BCUT2D eigenvalue weighted by Gasteiger charge is -2.34. The van der Waals surface area contributed by atoms with E-state index in [1.165, 1.54) is 0 Å². The van der Waals surface area contributed by atoms with Gasteiger partial charge in [0.25, 0.3) is 0 Å². The third-order valence-corrected chi connectivity index (χ3v) is 3.90. The van der Waals surface area contributed by atoms with Crippen molar-refractivity contribution in [2.24, 2.45) is 0 Å². The summed E-state index contributed by atoms with van der Waals surface area (Å²) in [6, 6.07) is 4.08. The van der Waals surface area contributed by atoms with Gasteiger partial charge in [-0.05, 0) is 19.1 Å². The molecule has 1 fully saturated rings. The molecule has 0 saturated carbocycles. The van der Waals surface area contributed by atoms with Gasteiger partial charge < -0.3 is 13.9 Å². The number of rotatable bonds is 6. The Hall–Kier alpha value is -1.70. The first-order valence-corrected chi connectivity index (χ1v) is 7.58. The Morgan fingerprint density at radius 3 is 3.14 bits per heavy atom. The Kier molecular flexibility index (Phi) is 4.87. The number of morpholine rings is 1. The van der Waals surface area contributed by atoms with Crippen molar-refractivity contribution in [3.05, 3.63) is 35.5 Å². The molecule has 0 N–H and O–H groups in total. The van der Waals surface area contributed by atoms with E-state index in [0.29, 0.717) is 13.2 Å². The fraction of sp³-hybridized carbons (Fsp3) is 0.600. The Morgan fingerprint density at radius 2 is 2.32 bits per heavy atom. The van der Waals surface area contributed by atoms with E-state index >= 15 is 0 Å². The molecule has 1 aliphatic heterocycles. The number of nitrogens with zero attached hydrogens (tertiary/aromatic N) is 4. The van der Waals surface area contributed by atoms with Crippen molar-refractivity contribution in [3.63, 3.8) is 0 Å². The predicted molar refractivity (Wildman–Crippen MR) is 79.1 cm³/mol. The van der Waals surface area contributed by atoms with Crippen molar-refractivity contribution >= 4 is 0 Å². The van der Waals surface area contributed by atoms with Gasteiger partial charge in [0.05, 0.1) is 31.1 Å². The molecule has 1 saturated heterocycles. The maximum atomic E-state index is 5.88. The van der Waals surface area contributed by atoms with E-state index in [4.69, 9.17) is 13.9 Å². The molecular formula is C15H22N4O3. The van der Waals surface area contributed by atoms with E-state index in [2.05, 4.69) is 22.1 Å². The molecule has 2 aromatic heterocycles. The van der Waals surface area contributed by atoms with Gasteiger partial charge in [0.15, 0.2) is 0 Å². The Balaban J connectivity index is 1.75. The summed E-state index contributed by atoms with van der Waals surface area (Å²) in [5, 5.41) is 8.09. The second-order valence-corrected chi connectivity index (χ2v) is 5.34. The molecule has 7 heteroatoms. The van der Waals surface area contributed by atoms with Crippen LogP contribution in [0.5, 0.6) is 0 Å². The highest BCUT2D eigenvalue weighted by atomic mass is 16.5. The van der Waals surface area contributed by atoms with Crippen molar-refractivity contribution in [1.29, 1.82) is 0 Å². The molecule has 0 bridgehead atoms. The summed E-state index contributed by atoms with van der Waals surface area (Å²) in [6.07, 6.45) is 1.83. The molecule has 0 unspecified atom stereocenters. The van der Waals surface area contributed by atoms with Gasteiger partial charge in [-0.3, -0.25) is 4.90 Å². The predicted octanol–water partition coefficient (Wildman–Crippen LogP) is 1.61. The van der Waals surface area contributed by atoms with Gasteiger partial charge in [0, 0.05) is 26.7 Å². The molecule has 0 amide bonds. The van der Waals surface area contributed by atoms with Crippen LogP contribution in [0, 0.1) is 0 Å². The zero-order chi connectivity index (χ0) is 15.4. The Morgan fingerprint density at radius 1 is 1.41 bits per heavy atom. The van der Waals surface area contributed by atoms with E-state index in [1.54, 1.807) is 7.11 Å². The fourth-order valence-corrected chi connectivity index (χ4v) is 2.76. The maximum absolute atomic E-state index is 5.88. The van der Waals surface area contributed by atoms with Crippen molar-refractivity contribution < 1.29 is 13.9 Å². The lowest BCUT2D eigenvalue weighted by atomic mass is 10.1. The van der Waals surface area contributed by atoms with E-state index in [-0.39, 0.29) is 6.04 Å². The average Bonchev–Trinajstić information content (AvgIpc) is 3.17. The molecule has 7 nitrogen and oxygen atoms in total. The first-order valence-electron chi connectivity index (χ1n) is 7.58. The third-order valence-electron chi connectivity index (χ3n) is 3.90. The molecule has 0 spiro atoms. The molecule has 0 aliphatic carbocycles. The van der Waals surface area contributed by atoms with Gasteiger partial charge in [-0.1, -0.05) is 5.21 Å². The second-order valence-electron chi connectivity index (χ2n) is 5.34. The fourth-order valence-electron chi connectivity index (χ4n) is 2.76. The topological polar surface area (TPSA) is 65.6 Å². The van der Waals surface area contributed by atoms with Gasteiger partial charge in [-0.25, -0.2) is 4.68 Å². The summed E-state index contributed by atoms with van der Waals surface area (Å²) in [4.78, 5) is 2.35. The number of hydrogen-bond donors (Lipinski definition) is 0. The van der Waals surface area contributed by atoms with Crippen molar-refractivity contribution in [3.8, 4) is 0 Å². The number of methoxy groups -OCH3 is 1. The quantitative estimate of drug-likeness (QED) is 0.808. The standard InChI is InChI=1S/C15H22N4O3/c1-3-19-12(8-16-17-19)9-18-6-7-21-11-14(18)15-5-4-13(22-15)10-20-2/h4-5,8,14H,3,6-7,9-11H2,1-2H3/t14-/m0/s1. The summed E-state index contributed by atoms with van der Waals surface area (Å²) in [7, 11) is 1.66. The Labute approximate surface area is 129 Å². The minimum absolute atomic E-state index is 0.111. The van der Waals surface area contributed by atoms with Crippen LogP contribution < -0.4 is 0 Å².